The van der Waals surface area contributed by atoms with Gasteiger partial charge in [0.2, 0.25) is 5.91 Å². The van der Waals surface area contributed by atoms with Crippen LogP contribution in [-0.4, -0.2) is 11.1 Å². The van der Waals surface area contributed by atoms with Crippen molar-refractivity contribution in [3.05, 3.63) is 77.3 Å². The highest BCUT2D eigenvalue weighted by atomic mass is 19.1. The van der Waals surface area contributed by atoms with Crippen LogP contribution in [-0.2, 0) is 17.8 Å². The Balaban J connectivity index is 1.59. The number of benzene rings is 2. The predicted octanol–water partition coefficient (Wildman–Crippen LogP) is 4.01. The van der Waals surface area contributed by atoms with Crippen LogP contribution in [0.2, 0.25) is 0 Å². The molecule has 3 rings (SSSR count). The third-order valence-electron chi connectivity index (χ3n) is 3.81. The normalized spacial score (nSPS) is 10.7. The van der Waals surface area contributed by atoms with Gasteiger partial charge in [0.25, 0.3) is 0 Å². The number of nitrogens with zero attached hydrogens (tertiary/aromatic N) is 1. The lowest BCUT2D eigenvalue weighted by atomic mass is 10.0. The average molecular weight is 360 g/mol. The molecule has 3 aromatic rings. The Morgan fingerprint density at radius 2 is 1.81 bits per heavy atom. The molecule has 0 saturated heterocycles. The van der Waals surface area contributed by atoms with Crippen molar-refractivity contribution in [2.24, 2.45) is 0 Å². The molecule has 26 heavy (non-hydrogen) atoms. The number of aromatic nitrogens is 1. The summed E-state index contributed by atoms with van der Waals surface area (Å²) < 4.78 is 45.0. The Bertz CT molecular complexity index is 904. The third-order valence-corrected chi connectivity index (χ3v) is 3.81. The van der Waals surface area contributed by atoms with Crippen LogP contribution in [0.15, 0.2) is 53.3 Å². The molecule has 0 saturated carbocycles. The minimum atomic E-state index is -0.701. The first-order chi connectivity index (χ1) is 12.5. The minimum absolute atomic E-state index is 0.0112. The number of rotatable bonds is 6. The van der Waals surface area contributed by atoms with Crippen LogP contribution in [0.5, 0.6) is 0 Å². The average Bonchev–Trinajstić information content (AvgIpc) is 3.06. The van der Waals surface area contributed by atoms with Gasteiger partial charge in [-0.1, -0.05) is 17.3 Å². The summed E-state index contributed by atoms with van der Waals surface area (Å²) in [5, 5.41) is 6.40. The third kappa shape index (κ3) is 4.30. The Hall–Kier alpha value is -3.09. The SMILES string of the molecule is O=C(CCc1conc1-c1ccccc1F)NCc1cc(F)cc(F)c1. The van der Waals surface area contributed by atoms with Gasteiger partial charge in [0.05, 0.1) is 0 Å². The molecule has 0 radical (unpaired) electrons. The van der Waals surface area contributed by atoms with Crippen molar-refractivity contribution in [2.45, 2.75) is 19.4 Å². The molecule has 134 valence electrons. The zero-order valence-corrected chi connectivity index (χ0v) is 13.6. The summed E-state index contributed by atoms with van der Waals surface area (Å²) in [5.41, 5.74) is 1.57. The molecule has 0 atom stereocenters. The smallest absolute Gasteiger partial charge is 0.220 e. The molecule has 4 nitrogen and oxygen atoms in total. The number of carbonyl (C=O) groups excluding carboxylic acids is 1. The number of amides is 1. The number of halogens is 3. The minimum Gasteiger partial charge on any atom is -0.364 e. The first-order valence-electron chi connectivity index (χ1n) is 7.93. The second-order valence-corrected chi connectivity index (χ2v) is 5.72. The first-order valence-corrected chi connectivity index (χ1v) is 7.93. The van der Waals surface area contributed by atoms with Gasteiger partial charge in [-0.15, -0.1) is 0 Å². The fourth-order valence-electron chi connectivity index (χ4n) is 2.56. The number of hydrogen-bond donors (Lipinski definition) is 1. The van der Waals surface area contributed by atoms with Gasteiger partial charge < -0.3 is 9.84 Å². The van der Waals surface area contributed by atoms with E-state index < -0.39 is 17.5 Å². The van der Waals surface area contributed by atoms with Crippen molar-refractivity contribution in [3.63, 3.8) is 0 Å². The van der Waals surface area contributed by atoms with E-state index in [1.54, 1.807) is 18.2 Å². The lowest BCUT2D eigenvalue weighted by Gasteiger charge is -2.06. The highest BCUT2D eigenvalue weighted by molar-refractivity contribution is 5.76. The summed E-state index contributed by atoms with van der Waals surface area (Å²) in [4.78, 5) is 12.0. The standard InChI is InChI=1S/C19H15F3N2O2/c20-14-7-12(8-15(21)9-14)10-23-18(25)6-5-13-11-26-24-19(13)16-3-1-2-4-17(16)22/h1-4,7-9,11H,5-6,10H2,(H,23,25). The molecule has 1 aromatic heterocycles. The van der Waals surface area contributed by atoms with Gasteiger partial charge in [0, 0.05) is 30.2 Å². The van der Waals surface area contributed by atoms with E-state index in [0.29, 0.717) is 22.4 Å². The number of hydrogen-bond acceptors (Lipinski definition) is 3. The monoisotopic (exact) mass is 360 g/mol. The lowest BCUT2D eigenvalue weighted by molar-refractivity contribution is -0.121. The van der Waals surface area contributed by atoms with Gasteiger partial charge in [-0.25, -0.2) is 13.2 Å². The van der Waals surface area contributed by atoms with Crippen molar-refractivity contribution in [1.29, 1.82) is 0 Å². The van der Waals surface area contributed by atoms with E-state index in [-0.39, 0.29) is 25.3 Å². The summed E-state index contributed by atoms with van der Waals surface area (Å²) in [5.74, 6) is -2.14. The second kappa shape index (κ2) is 7.86. The summed E-state index contributed by atoms with van der Waals surface area (Å²) >= 11 is 0. The van der Waals surface area contributed by atoms with Gasteiger partial charge in [-0.05, 0) is 36.2 Å². The highest BCUT2D eigenvalue weighted by Crippen LogP contribution is 2.25. The number of aryl methyl sites for hydroxylation is 1. The fraction of sp³-hybridized carbons (Fsp3) is 0.158. The second-order valence-electron chi connectivity index (χ2n) is 5.72. The number of carbonyl (C=O) groups is 1. The molecular weight excluding hydrogens is 345 g/mol. The summed E-state index contributed by atoms with van der Waals surface area (Å²) in [6.45, 7) is 0.0112. The lowest BCUT2D eigenvalue weighted by Crippen LogP contribution is -2.23. The van der Waals surface area contributed by atoms with E-state index >= 15 is 0 Å². The van der Waals surface area contributed by atoms with Crippen LogP contribution in [0.25, 0.3) is 11.3 Å². The molecule has 1 amide bonds. The van der Waals surface area contributed by atoms with Gasteiger partial charge >= 0.3 is 0 Å². The Labute approximate surface area is 147 Å². The van der Waals surface area contributed by atoms with Crippen molar-refractivity contribution in [2.75, 3.05) is 0 Å². The predicted molar refractivity (Wildman–Crippen MR) is 88.4 cm³/mol. The summed E-state index contributed by atoms with van der Waals surface area (Å²) in [7, 11) is 0. The highest BCUT2D eigenvalue weighted by Gasteiger charge is 2.15. The molecule has 0 spiro atoms. The molecule has 2 aromatic carbocycles. The van der Waals surface area contributed by atoms with Crippen LogP contribution in [0.4, 0.5) is 13.2 Å². The van der Waals surface area contributed by atoms with Crippen molar-refractivity contribution < 1.29 is 22.5 Å². The molecule has 7 heteroatoms. The number of nitrogens with one attached hydrogen (secondary N) is 1. The van der Waals surface area contributed by atoms with Gasteiger partial charge in [0.1, 0.15) is 29.4 Å². The Morgan fingerprint density at radius 1 is 1.08 bits per heavy atom. The largest absolute Gasteiger partial charge is 0.364 e. The topological polar surface area (TPSA) is 55.1 Å². The Morgan fingerprint density at radius 3 is 2.54 bits per heavy atom. The van der Waals surface area contributed by atoms with Crippen LogP contribution in [0.1, 0.15) is 17.5 Å². The fourth-order valence-corrected chi connectivity index (χ4v) is 2.56. The van der Waals surface area contributed by atoms with E-state index in [1.807, 2.05) is 0 Å². The molecule has 0 bridgehead atoms. The Kier molecular flexibility index (Phi) is 5.36. The molecule has 0 aliphatic rings. The first kappa shape index (κ1) is 17.7. The molecule has 0 aliphatic carbocycles. The van der Waals surface area contributed by atoms with Crippen molar-refractivity contribution in [3.8, 4) is 11.3 Å². The van der Waals surface area contributed by atoms with Crippen molar-refractivity contribution in [1.82, 2.24) is 10.5 Å². The van der Waals surface area contributed by atoms with Crippen molar-refractivity contribution >= 4 is 5.91 Å². The zero-order valence-electron chi connectivity index (χ0n) is 13.6. The summed E-state index contributed by atoms with van der Waals surface area (Å²) in [6, 6.07) is 9.22. The maximum atomic E-state index is 13.9. The van der Waals surface area contributed by atoms with E-state index in [9.17, 15) is 18.0 Å². The summed E-state index contributed by atoms with van der Waals surface area (Å²) in [6.07, 6.45) is 1.76. The van der Waals surface area contributed by atoms with Gasteiger partial charge in [-0.3, -0.25) is 4.79 Å². The maximum Gasteiger partial charge on any atom is 0.220 e. The quantitative estimate of drug-likeness (QED) is 0.723. The van der Waals surface area contributed by atoms with Crippen LogP contribution < -0.4 is 5.32 Å². The van der Waals surface area contributed by atoms with Crippen LogP contribution in [0, 0.1) is 17.5 Å². The molecule has 1 heterocycles. The van der Waals surface area contributed by atoms with Gasteiger partial charge in [0.15, 0.2) is 0 Å². The van der Waals surface area contributed by atoms with E-state index in [0.717, 1.165) is 18.2 Å². The molecule has 0 fully saturated rings. The molecular formula is C19H15F3N2O2. The van der Waals surface area contributed by atoms with Crippen LogP contribution in [0.3, 0.4) is 0 Å². The van der Waals surface area contributed by atoms with E-state index in [2.05, 4.69) is 10.5 Å². The van der Waals surface area contributed by atoms with Gasteiger partial charge in [-0.2, -0.15) is 0 Å². The maximum absolute atomic E-state index is 13.9. The van der Waals surface area contributed by atoms with E-state index in [1.165, 1.54) is 12.3 Å². The molecule has 0 aliphatic heterocycles. The zero-order chi connectivity index (χ0) is 18.5. The van der Waals surface area contributed by atoms with E-state index in [4.69, 9.17) is 4.52 Å². The molecule has 0 unspecified atom stereocenters. The molecule has 1 N–H and O–H groups in total. The van der Waals surface area contributed by atoms with Crippen LogP contribution >= 0.6 is 0 Å².